The van der Waals surface area contributed by atoms with Gasteiger partial charge in [-0.2, -0.15) is 0 Å². The summed E-state index contributed by atoms with van der Waals surface area (Å²) in [7, 11) is 0. The molecule has 1 aromatic carbocycles. The van der Waals surface area contributed by atoms with E-state index in [0.29, 0.717) is 5.92 Å². The third-order valence-electron chi connectivity index (χ3n) is 5.69. The molecule has 1 saturated heterocycles. The molecule has 130 valence electrons. The number of allylic oxidation sites excluding steroid dienone is 2. The van der Waals surface area contributed by atoms with Crippen LogP contribution in [0.4, 0.5) is 0 Å². The Morgan fingerprint density at radius 3 is 2.75 bits per heavy atom. The van der Waals surface area contributed by atoms with E-state index in [-0.39, 0.29) is 17.3 Å². The van der Waals surface area contributed by atoms with Crippen molar-refractivity contribution < 1.29 is 9.47 Å². The predicted molar refractivity (Wildman–Crippen MR) is 99.3 cm³/mol. The summed E-state index contributed by atoms with van der Waals surface area (Å²) in [6.07, 6.45) is 8.52. The van der Waals surface area contributed by atoms with E-state index in [2.05, 4.69) is 58.5 Å². The molecule has 0 saturated carbocycles. The molecule has 0 aromatic heterocycles. The van der Waals surface area contributed by atoms with Crippen LogP contribution in [0.15, 0.2) is 48.6 Å². The van der Waals surface area contributed by atoms with Crippen LogP contribution in [0.5, 0.6) is 5.75 Å². The summed E-state index contributed by atoms with van der Waals surface area (Å²) in [5.41, 5.74) is 2.13. The van der Waals surface area contributed by atoms with Gasteiger partial charge >= 0.3 is 0 Å². The van der Waals surface area contributed by atoms with Crippen molar-refractivity contribution in [1.29, 1.82) is 0 Å². The second-order valence-electron chi connectivity index (χ2n) is 7.97. The Kier molecular flexibility index (Phi) is 4.61. The summed E-state index contributed by atoms with van der Waals surface area (Å²) >= 11 is 0. The van der Waals surface area contributed by atoms with Gasteiger partial charge in [0.05, 0.1) is 11.7 Å². The van der Waals surface area contributed by atoms with Gasteiger partial charge in [-0.05, 0) is 59.4 Å². The molecule has 1 aromatic rings. The van der Waals surface area contributed by atoms with Gasteiger partial charge in [-0.25, -0.2) is 0 Å². The molecule has 24 heavy (non-hydrogen) atoms. The molecule has 2 heteroatoms. The molecule has 2 nitrogen and oxygen atoms in total. The van der Waals surface area contributed by atoms with Crippen molar-refractivity contribution in [1.82, 2.24) is 0 Å². The van der Waals surface area contributed by atoms with Gasteiger partial charge in [0.1, 0.15) is 11.4 Å². The van der Waals surface area contributed by atoms with Gasteiger partial charge < -0.3 is 9.47 Å². The molecular weight excluding hydrogens is 296 g/mol. The minimum Gasteiger partial charge on any atom is -0.487 e. The molecule has 1 fully saturated rings. The maximum Gasteiger partial charge on any atom is 0.125 e. The van der Waals surface area contributed by atoms with Gasteiger partial charge in [0.2, 0.25) is 0 Å². The van der Waals surface area contributed by atoms with Crippen molar-refractivity contribution in [2.75, 3.05) is 0 Å². The van der Waals surface area contributed by atoms with Gasteiger partial charge in [-0.3, -0.25) is 0 Å². The molecule has 2 aliphatic rings. The van der Waals surface area contributed by atoms with Crippen LogP contribution in [0.1, 0.15) is 65.0 Å². The summed E-state index contributed by atoms with van der Waals surface area (Å²) in [5.74, 6) is 1.36. The Morgan fingerprint density at radius 1 is 1.29 bits per heavy atom. The summed E-state index contributed by atoms with van der Waals surface area (Å²) < 4.78 is 13.1. The van der Waals surface area contributed by atoms with E-state index in [4.69, 9.17) is 9.47 Å². The number of rotatable bonds is 4. The normalized spacial score (nSPS) is 34.5. The fourth-order valence-electron chi connectivity index (χ4n) is 4.10. The van der Waals surface area contributed by atoms with Gasteiger partial charge in [-0.15, -0.1) is 6.58 Å². The van der Waals surface area contributed by atoms with E-state index in [1.54, 1.807) is 0 Å². The topological polar surface area (TPSA) is 18.5 Å². The standard InChI is InChI=1S/C22H30O2/c1-6-21(4)15-13-18-20(24-21)17-11-7-8-12-19(17)23-22(18,5)14-9-10-16(2)3/h6-8,10-12,18,20H,1,9,13-15H2,2-5H3/t18-,20+,21-,22+/m1/s1. The zero-order valence-corrected chi connectivity index (χ0v) is 15.5. The molecule has 0 amide bonds. The number of benzene rings is 1. The smallest absolute Gasteiger partial charge is 0.125 e. The van der Waals surface area contributed by atoms with Crippen molar-refractivity contribution in [2.24, 2.45) is 5.92 Å². The maximum atomic E-state index is 6.56. The second kappa shape index (κ2) is 6.40. The maximum absolute atomic E-state index is 6.56. The highest BCUT2D eigenvalue weighted by atomic mass is 16.5. The highest BCUT2D eigenvalue weighted by Crippen LogP contribution is 2.54. The minimum absolute atomic E-state index is 0.0865. The van der Waals surface area contributed by atoms with Crippen LogP contribution in [0.3, 0.4) is 0 Å². The zero-order chi connectivity index (χ0) is 17.4. The van der Waals surface area contributed by atoms with Crippen LogP contribution in [-0.2, 0) is 4.74 Å². The third-order valence-corrected chi connectivity index (χ3v) is 5.69. The first-order valence-corrected chi connectivity index (χ1v) is 9.10. The Hall–Kier alpha value is -1.54. The van der Waals surface area contributed by atoms with Gasteiger partial charge in [0, 0.05) is 11.5 Å². The van der Waals surface area contributed by atoms with Crippen LogP contribution in [0.2, 0.25) is 0 Å². The molecule has 2 aliphatic heterocycles. The fraction of sp³-hybridized carbons (Fsp3) is 0.545. The predicted octanol–water partition coefficient (Wildman–Crippen LogP) is 6.00. The van der Waals surface area contributed by atoms with E-state index in [1.165, 1.54) is 11.1 Å². The first kappa shape index (κ1) is 17.3. The van der Waals surface area contributed by atoms with E-state index in [0.717, 1.165) is 31.4 Å². The first-order chi connectivity index (χ1) is 11.4. The van der Waals surface area contributed by atoms with Gasteiger partial charge in [0.15, 0.2) is 0 Å². The Morgan fingerprint density at radius 2 is 2.04 bits per heavy atom. The number of hydrogen-bond donors (Lipinski definition) is 0. The summed E-state index contributed by atoms with van der Waals surface area (Å²) in [6.45, 7) is 12.7. The monoisotopic (exact) mass is 326 g/mol. The SMILES string of the molecule is C=C[C@]1(C)CC[C@@H]2[C@@H](O1)c1ccccc1O[C@@]2(C)CCC=C(C)C. The van der Waals surface area contributed by atoms with Crippen LogP contribution in [0.25, 0.3) is 0 Å². The average Bonchev–Trinajstić information content (AvgIpc) is 2.54. The average molecular weight is 326 g/mol. The van der Waals surface area contributed by atoms with Crippen LogP contribution < -0.4 is 4.74 Å². The number of fused-ring (bicyclic) bond motifs is 3. The molecule has 0 unspecified atom stereocenters. The summed E-state index contributed by atoms with van der Waals surface area (Å²) in [6, 6.07) is 8.35. The molecule has 0 N–H and O–H groups in total. The van der Waals surface area contributed by atoms with Crippen molar-refractivity contribution in [3.05, 3.63) is 54.1 Å². The van der Waals surface area contributed by atoms with Crippen molar-refractivity contribution in [3.63, 3.8) is 0 Å². The lowest BCUT2D eigenvalue weighted by Gasteiger charge is -2.52. The lowest BCUT2D eigenvalue weighted by molar-refractivity contribution is -0.178. The van der Waals surface area contributed by atoms with Crippen molar-refractivity contribution in [2.45, 2.75) is 70.7 Å². The molecule has 0 aliphatic carbocycles. The van der Waals surface area contributed by atoms with E-state index in [1.807, 2.05) is 12.1 Å². The van der Waals surface area contributed by atoms with Crippen LogP contribution >= 0.6 is 0 Å². The van der Waals surface area contributed by atoms with E-state index < -0.39 is 0 Å². The molecular formula is C22H30O2. The fourth-order valence-corrected chi connectivity index (χ4v) is 4.10. The number of para-hydroxylation sites is 1. The molecule has 0 bridgehead atoms. The highest BCUT2D eigenvalue weighted by molar-refractivity contribution is 5.39. The zero-order valence-electron chi connectivity index (χ0n) is 15.5. The second-order valence-corrected chi connectivity index (χ2v) is 7.97. The lowest BCUT2D eigenvalue weighted by Crippen LogP contribution is -2.52. The minimum atomic E-state index is -0.244. The first-order valence-electron chi connectivity index (χ1n) is 9.10. The van der Waals surface area contributed by atoms with Crippen molar-refractivity contribution >= 4 is 0 Å². The quantitative estimate of drug-likeness (QED) is 0.632. The third kappa shape index (κ3) is 3.17. The van der Waals surface area contributed by atoms with Crippen molar-refractivity contribution in [3.8, 4) is 5.75 Å². The van der Waals surface area contributed by atoms with E-state index in [9.17, 15) is 0 Å². The van der Waals surface area contributed by atoms with Gasteiger partial charge in [0.25, 0.3) is 0 Å². The molecule has 3 rings (SSSR count). The largest absolute Gasteiger partial charge is 0.487 e. The highest BCUT2D eigenvalue weighted by Gasteiger charge is 2.51. The number of ether oxygens (including phenoxy) is 2. The lowest BCUT2D eigenvalue weighted by atomic mass is 9.71. The Labute approximate surface area is 146 Å². The van der Waals surface area contributed by atoms with E-state index >= 15 is 0 Å². The summed E-state index contributed by atoms with van der Waals surface area (Å²) in [5, 5.41) is 0. The van der Waals surface area contributed by atoms with Gasteiger partial charge in [-0.1, -0.05) is 35.9 Å². The summed E-state index contributed by atoms with van der Waals surface area (Å²) in [4.78, 5) is 0. The molecule has 0 spiro atoms. The molecule has 0 radical (unpaired) electrons. The van der Waals surface area contributed by atoms with Crippen LogP contribution in [0, 0.1) is 5.92 Å². The Balaban J connectivity index is 1.94. The Bertz CT molecular complexity index is 643. The number of hydrogen-bond acceptors (Lipinski definition) is 2. The molecule has 4 atom stereocenters. The molecule has 2 heterocycles. The van der Waals surface area contributed by atoms with Crippen LogP contribution in [-0.4, -0.2) is 11.2 Å².